The first-order valence-corrected chi connectivity index (χ1v) is 9.41. The molecule has 1 saturated heterocycles. The molecule has 3 amide bonds. The van der Waals surface area contributed by atoms with E-state index in [1.54, 1.807) is 0 Å². The van der Waals surface area contributed by atoms with Crippen molar-refractivity contribution >= 4 is 17.7 Å². The number of nitrogens with zero attached hydrogens (tertiary/aromatic N) is 1. The summed E-state index contributed by atoms with van der Waals surface area (Å²) in [6.07, 6.45) is 3.73. The highest BCUT2D eigenvalue weighted by molar-refractivity contribution is 5.83. The van der Waals surface area contributed by atoms with Gasteiger partial charge in [0.2, 0.25) is 17.7 Å². The summed E-state index contributed by atoms with van der Waals surface area (Å²) in [5.74, 6) is 0.280. The Labute approximate surface area is 154 Å². The van der Waals surface area contributed by atoms with E-state index in [2.05, 4.69) is 10.6 Å². The van der Waals surface area contributed by atoms with Crippen molar-refractivity contribution < 1.29 is 14.4 Å². The normalized spacial score (nSPS) is 19.7. The molecule has 1 aliphatic carbocycles. The first-order valence-electron chi connectivity index (χ1n) is 9.41. The van der Waals surface area contributed by atoms with Crippen LogP contribution in [0.25, 0.3) is 0 Å². The molecule has 0 bridgehead atoms. The van der Waals surface area contributed by atoms with Gasteiger partial charge in [-0.05, 0) is 36.8 Å². The minimum absolute atomic E-state index is 0.0190. The van der Waals surface area contributed by atoms with E-state index < -0.39 is 0 Å². The lowest BCUT2D eigenvalue weighted by atomic mass is 9.96. The Hall–Kier alpha value is -2.37. The molecule has 6 heteroatoms. The predicted octanol–water partition coefficient (Wildman–Crippen LogP) is 1.59. The van der Waals surface area contributed by atoms with E-state index in [0.717, 1.165) is 43.4 Å². The van der Waals surface area contributed by atoms with Gasteiger partial charge in [0.15, 0.2) is 0 Å². The summed E-state index contributed by atoms with van der Waals surface area (Å²) < 4.78 is 0. The van der Waals surface area contributed by atoms with Crippen LogP contribution in [0.3, 0.4) is 0 Å². The zero-order valence-electron chi connectivity index (χ0n) is 15.3. The first-order chi connectivity index (χ1) is 12.5. The van der Waals surface area contributed by atoms with E-state index in [1.165, 1.54) is 6.92 Å². The van der Waals surface area contributed by atoms with Crippen molar-refractivity contribution in [3.63, 3.8) is 0 Å². The second-order valence-corrected chi connectivity index (χ2v) is 7.35. The zero-order chi connectivity index (χ0) is 18.5. The van der Waals surface area contributed by atoms with Crippen molar-refractivity contribution in [1.82, 2.24) is 15.5 Å². The molecule has 1 heterocycles. The van der Waals surface area contributed by atoms with Crippen molar-refractivity contribution in [3.8, 4) is 0 Å². The van der Waals surface area contributed by atoms with E-state index in [-0.39, 0.29) is 29.6 Å². The Morgan fingerprint density at radius 1 is 1.04 bits per heavy atom. The van der Waals surface area contributed by atoms with Crippen molar-refractivity contribution in [2.45, 2.75) is 45.7 Å². The quantitative estimate of drug-likeness (QED) is 0.811. The van der Waals surface area contributed by atoms with Crippen LogP contribution in [-0.4, -0.2) is 35.7 Å². The fourth-order valence-electron chi connectivity index (χ4n) is 3.39. The molecular weight excluding hydrogens is 330 g/mol. The second kappa shape index (κ2) is 8.34. The van der Waals surface area contributed by atoms with Gasteiger partial charge in [0, 0.05) is 39.0 Å². The molecule has 1 atom stereocenters. The average Bonchev–Trinajstić information content (AvgIpc) is 3.49. The Kier molecular flexibility index (Phi) is 5.91. The fourth-order valence-corrected chi connectivity index (χ4v) is 3.39. The van der Waals surface area contributed by atoms with Crippen LogP contribution in [0.15, 0.2) is 24.3 Å². The van der Waals surface area contributed by atoms with Gasteiger partial charge in [-0.2, -0.15) is 0 Å². The number of benzene rings is 1. The van der Waals surface area contributed by atoms with Crippen LogP contribution in [0, 0.1) is 11.8 Å². The Morgan fingerprint density at radius 3 is 2.38 bits per heavy atom. The lowest BCUT2D eigenvalue weighted by molar-refractivity contribution is -0.136. The number of carbonyl (C=O) groups is 3. The molecule has 140 valence electrons. The van der Waals surface area contributed by atoms with Crippen LogP contribution < -0.4 is 10.6 Å². The predicted molar refractivity (Wildman–Crippen MR) is 97.8 cm³/mol. The number of rotatable bonds is 6. The summed E-state index contributed by atoms with van der Waals surface area (Å²) in [5, 5.41) is 5.77. The van der Waals surface area contributed by atoms with Crippen LogP contribution in [0.1, 0.15) is 43.7 Å². The maximum absolute atomic E-state index is 12.5. The van der Waals surface area contributed by atoms with Crippen molar-refractivity contribution in [1.29, 1.82) is 0 Å². The summed E-state index contributed by atoms with van der Waals surface area (Å²) in [6.45, 7) is 3.76. The number of piperidine rings is 1. The number of amides is 3. The van der Waals surface area contributed by atoms with Crippen molar-refractivity contribution in [3.05, 3.63) is 35.4 Å². The minimum Gasteiger partial charge on any atom is -0.352 e. The molecule has 1 saturated carbocycles. The molecule has 6 nitrogen and oxygen atoms in total. The number of hydrogen-bond acceptors (Lipinski definition) is 3. The van der Waals surface area contributed by atoms with E-state index >= 15 is 0 Å². The van der Waals surface area contributed by atoms with E-state index in [4.69, 9.17) is 0 Å². The maximum atomic E-state index is 12.5. The average molecular weight is 357 g/mol. The largest absolute Gasteiger partial charge is 0.352 e. The highest BCUT2D eigenvalue weighted by atomic mass is 16.2. The number of likely N-dealkylation sites (tertiary alicyclic amines) is 1. The van der Waals surface area contributed by atoms with Gasteiger partial charge in [0.05, 0.1) is 5.92 Å². The molecule has 0 spiro atoms. The topological polar surface area (TPSA) is 78.5 Å². The molecule has 1 aliphatic heterocycles. The number of nitrogens with one attached hydrogen (secondary N) is 2. The number of carbonyl (C=O) groups excluding carboxylic acids is 3. The van der Waals surface area contributed by atoms with Gasteiger partial charge < -0.3 is 15.5 Å². The Bertz CT molecular complexity index is 685. The van der Waals surface area contributed by atoms with Gasteiger partial charge in [-0.3, -0.25) is 14.4 Å². The van der Waals surface area contributed by atoms with Gasteiger partial charge in [-0.25, -0.2) is 0 Å². The van der Waals surface area contributed by atoms with E-state index in [9.17, 15) is 14.4 Å². The van der Waals surface area contributed by atoms with Gasteiger partial charge in [-0.15, -0.1) is 0 Å². The summed E-state index contributed by atoms with van der Waals surface area (Å²) in [6, 6.07) is 7.82. The summed E-state index contributed by atoms with van der Waals surface area (Å²) >= 11 is 0. The lowest BCUT2D eigenvalue weighted by Gasteiger charge is -2.32. The van der Waals surface area contributed by atoms with Crippen LogP contribution in [-0.2, 0) is 27.5 Å². The summed E-state index contributed by atoms with van der Waals surface area (Å²) in [4.78, 5) is 37.6. The fraction of sp³-hybridized carbons (Fsp3) is 0.550. The van der Waals surface area contributed by atoms with E-state index in [0.29, 0.717) is 19.6 Å². The van der Waals surface area contributed by atoms with Gasteiger partial charge in [0.1, 0.15) is 0 Å². The highest BCUT2D eigenvalue weighted by Crippen LogP contribution is 2.32. The van der Waals surface area contributed by atoms with Gasteiger partial charge in [-0.1, -0.05) is 24.3 Å². The van der Waals surface area contributed by atoms with Crippen LogP contribution >= 0.6 is 0 Å². The SMILES string of the molecule is CC(=O)NCc1cccc(CNC(=O)C2CCCN(C(=O)C3CC3)C2)c1. The van der Waals surface area contributed by atoms with Crippen molar-refractivity contribution in [2.24, 2.45) is 11.8 Å². The van der Waals surface area contributed by atoms with Crippen molar-refractivity contribution in [2.75, 3.05) is 13.1 Å². The third kappa shape index (κ3) is 5.07. The second-order valence-electron chi connectivity index (χ2n) is 7.35. The summed E-state index contributed by atoms with van der Waals surface area (Å²) in [5.41, 5.74) is 2.01. The molecule has 0 radical (unpaired) electrons. The molecule has 1 aromatic carbocycles. The Morgan fingerprint density at radius 2 is 1.73 bits per heavy atom. The molecule has 2 N–H and O–H groups in total. The smallest absolute Gasteiger partial charge is 0.225 e. The third-order valence-corrected chi connectivity index (χ3v) is 5.03. The van der Waals surface area contributed by atoms with Gasteiger partial charge >= 0.3 is 0 Å². The molecule has 3 rings (SSSR count). The Balaban J connectivity index is 1.49. The molecule has 2 fully saturated rings. The lowest BCUT2D eigenvalue weighted by Crippen LogP contribution is -2.45. The van der Waals surface area contributed by atoms with E-state index in [1.807, 2.05) is 29.2 Å². The molecule has 26 heavy (non-hydrogen) atoms. The van der Waals surface area contributed by atoms with Crippen LogP contribution in [0.2, 0.25) is 0 Å². The third-order valence-electron chi connectivity index (χ3n) is 5.03. The van der Waals surface area contributed by atoms with Crippen LogP contribution in [0.4, 0.5) is 0 Å². The molecule has 0 aromatic heterocycles. The molecule has 2 aliphatic rings. The highest BCUT2D eigenvalue weighted by Gasteiger charge is 2.36. The minimum atomic E-state index is -0.117. The monoisotopic (exact) mass is 357 g/mol. The van der Waals surface area contributed by atoms with Gasteiger partial charge in [0.25, 0.3) is 0 Å². The standard InChI is InChI=1S/C20H27N3O3/c1-14(24)21-11-15-4-2-5-16(10-15)12-22-19(25)18-6-3-9-23(13-18)20(26)17-7-8-17/h2,4-5,10,17-18H,3,6-9,11-13H2,1H3,(H,21,24)(H,22,25). The van der Waals surface area contributed by atoms with Crippen LogP contribution in [0.5, 0.6) is 0 Å². The molecule has 1 aromatic rings. The first kappa shape index (κ1) is 18.4. The zero-order valence-corrected chi connectivity index (χ0v) is 15.3. The number of hydrogen-bond donors (Lipinski definition) is 2. The summed E-state index contributed by atoms with van der Waals surface area (Å²) in [7, 11) is 0. The molecule has 1 unspecified atom stereocenters. The maximum Gasteiger partial charge on any atom is 0.225 e. The molecular formula is C20H27N3O3.